The fourth-order valence-corrected chi connectivity index (χ4v) is 2.72. The zero-order valence-corrected chi connectivity index (χ0v) is 15.3. The molecular formula is C18H24N6O2. The average Bonchev–Trinajstić information content (AvgIpc) is 3.24. The summed E-state index contributed by atoms with van der Waals surface area (Å²) >= 11 is 0. The molecule has 0 aliphatic heterocycles. The van der Waals surface area contributed by atoms with Gasteiger partial charge in [0.1, 0.15) is 12.1 Å². The summed E-state index contributed by atoms with van der Waals surface area (Å²) in [6, 6.07) is 5.41. The molecule has 8 nitrogen and oxygen atoms in total. The van der Waals surface area contributed by atoms with Crippen LogP contribution in [0, 0.1) is 0 Å². The van der Waals surface area contributed by atoms with Crippen LogP contribution in [0.3, 0.4) is 0 Å². The third-order valence-corrected chi connectivity index (χ3v) is 4.25. The van der Waals surface area contributed by atoms with Crippen LogP contribution in [-0.4, -0.2) is 56.8 Å². The van der Waals surface area contributed by atoms with E-state index in [9.17, 15) is 4.79 Å². The number of carbonyl (C=O) groups excluding carboxylic acids is 1. The lowest BCUT2D eigenvalue weighted by molar-refractivity contribution is 0.102. The van der Waals surface area contributed by atoms with Gasteiger partial charge in [0.05, 0.1) is 11.1 Å². The van der Waals surface area contributed by atoms with Gasteiger partial charge >= 0.3 is 0 Å². The Morgan fingerprint density at radius 3 is 2.81 bits per heavy atom. The Bertz CT molecular complexity index is 881. The van der Waals surface area contributed by atoms with E-state index in [1.54, 1.807) is 30.2 Å². The van der Waals surface area contributed by atoms with Gasteiger partial charge in [0.25, 0.3) is 5.91 Å². The van der Waals surface area contributed by atoms with E-state index in [0.29, 0.717) is 29.4 Å². The standard InChI is InChI=1S/C18H24N6O2/c1-4-24(5-2)10-11-26-16-7-6-14-17(21-16)13(12-19-14)18(25)20-15-8-9-23(3)22-15/h6-9,12,19H,4-5,10-11H2,1-3H3,(H,20,22,25). The minimum absolute atomic E-state index is 0.261. The van der Waals surface area contributed by atoms with Gasteiger partial charge in [-0.25, -0.2) is 4.98 Å². The summed E-state index contributed by atoms with van der Waals surface area (Å²) in [6.45, 7) is 7.62. The van der Waals surface area contributed by atoms with Crippen LogP contribution in [0.2, 0.25) is 0 Å². The van der Waals surface area contributed by atoms with Crippen molar-refractivity contribution >= 4 is 22.8 Å². The van der Waals surface area contributed by atoms with Crippen molar-refractivity contribution in [2.45, 2.75) is 13.8 Å². The van der Waals surface area contributed by atoms with Gasteiger partial charge in [0, 0.05) is 38.1 Å². The summed E-state index contributed by atoms with van der Waals surface area (Å²) in [7, 11) is 1.80. The van der Waals surface area contributed by atoms with Crippen molar-refractivity contribution in [1.82, 2.24) is 24.6 Å². The van der Waals surface area contributed by atoms with E-state index in [1.807, 2.05) is 12.1 Å². The number of likely N-dealkylation sites (N-methyl/N-ethyl adjacent to an activating group) is 1. The molecule has 0 spiro atoms. The van der Waals surface area contributed by atoms with Crippen LogP contribution < -0.4 is 10.1 Å². The fraction of sp³-hybridized carbons (Fsp3) is 0.389. The number of amides is 1. The molecule has 3 heterocycles. The van der Waals surface area contributed by atoms with Crippen molar-refractivity contribution in [3.05, 3.63) is 36.2 Å². The van der Waals surface area contributed by atoms with Crippen LogP contribution in [0.15, 0.2) is 30.6 Å². The van der Waals surface area contributed by atoms with Crippen LogP contribution in [0.1, 0.15) is 24.2 Å². The number of pyridine rings is 1. The largest absolute Gasteiger partial charge is 0.476 e. The number of hydrogen-bond acceptors (Lipinski definition) is 5. The average molecular weight is 356 g/mol. The topological polar surface area (TPSA) is 88.1 Å². The number of hydrogen-bond donors (Lipinski definition) is 2. The second-order valence-electron chi connectivity index (χ2n) is 5.95. The molecule has 0 fully saturated rings. The molecule has 138 valence electrons. The number of aromatic nitrogens is 4. The molecule has 0 saturated heterocycles. The van der Waals surface area contributed by atoms with Gasteiger partial charge in [0.15, 0.2) is 5.82 Å². The number of rotatable bonds is 8. The van der Waals surface area contributed by atoms with E-state index < -0.39 is 0 Å². The van der Waals surface area contributed by atoms with Crippen molar-refractivity contribution in [1.29, 1.82) is 0 Å². The van der Waals surface area contributed by atoms with Crippen molar-refractivity contribution < 1.29 is 9.53 Å². The normalized spacial score (nSPS) is 11.2. The monoisotopic (exact) mass is 356 g/mol. The Kier molecular flexibility index (Phi) is 5.52. The van der Waals surface area contributed by atoms with Gasteiger partial charge in [-0.2, -0.15) is 5.10 Å². The van der Waals surface area contributed by atoms with Crippen molar-refractivity contribution in [2.75, 3.05) is 31.6 Å². The highest BCUT2D eigenvalue weighted by Gasteiger charge is 2.15. The number of ether oxygens (including phenoxy) is 1. The van der Waals surface area contributed by atoms with Gasteiger partial charge in [-0.15, -0.1) is 0 Å². The molecule has 0 aliphatic rings. The van der Waals surface area contributed by atoms with E-state index in [0.717, 1.165) is 25.2 Å². The zero-order chi connectivity index (χ0) is 18.5. The smallest absolute Gasteiger partial charge is 0.260 e. The third kappa shape index (κ3) is 4.02. The Balaban J connectivity index is 1.72. The van der Waals surface area contributed by atoms with E-state index in [-0.39, 0.29) is 5.91 Å². The quantitative estimate of drug-likeness (QED) is 0.646. The maximum Gasteiger partial charge on any atom is 0.260 e. The van der Waals surface area contributed by atoms with Crippen LogP contribution in [-0.2, 0) is 7.05 Å². The van der Waals surface area contributed by atoms with Gasteiger partial charge < -0.3 is 19.9 Å². The lowest BCUT2D eigenvalue weighted by Gasteiger charge is -2.17. The number of aromatic amines is 1. The highest BCUT2D eigenvalue weighted by Crippen LogP contribution is 2.20. The molecule has 1 amide bonds. The first-order valence-electron chi connectivity index (χ1n) is 8.75. The lowest BCUT2D eigenvalue weighted by atomic mass is 10.2. The molecule has 3 rings (SSSR count). The van der Waals surface area contributed by atoms with Crippen molar-refractivity contribution in [2.24, 2.45) is 7.05 Å². The summed E-state index contributed by atoms with van der Waals surface area (Å²) < 4.78 is 7.39. The van der Waals surface area contributed by atoms with Crippen LogP contribution >= 0.6 is 0 Å². The second-order valence-corrected chi connectivity index (χ2v) is 5.95. The molecule has 0 atom stereocenters. The highest BCUT2D eigenvalue weighted by atomic mass is 16.5. The van der Waals surface area contributed by atoms with Gasteiger partial charge in [-0.05, 0) is 19.2 Å². The lowest BCUT2D eigenvalue weighted by Crippen LogP contribution is -2.28. The number of anilines is 1. The molecule has 0 aliphatic carbocycles. The predicted molar refractivity (Wildman–Crippen MR) is 101 cm³/mol. The molecular weight excluding hydrogens is 332 g/mol. The van der Waals surface area contributed by atoms with Crippen LogP contribution in [0.4, 0.5) is 5.82 Å². The minimum atomic E-state index is -0.261. The van der Waals surface area contributed by atoms with Gasteiger partial charge in [-0.1, -0.05) is 13.8 Å². The first-order chi connectivity index (χ1) is 12.6. The molecule has 3 aromatic heterocycles. The summed E-state index contributed by atoms with van der Waals surface area (Å²) in [5.41, 5.74) is 1.82. The first-order valence-corrected chi connectivity index (χ1v) is 8.75. The van der Waals surface area contributed by atoms with E-state index in [4.69, 9.17) is 4.74 Å². The maximum absolute atomic E-state index is 12.5. The molecule has 0 saturated carbocycles. The molecule has 26 heavy (non-hydrogen) atoms. The Morgan fingerprint density at radius 2 is 2.12 bits per heavy atom. The molecule has 0 aromatic carbocycles. The number of nitrogens with one attached hydrogen (secondary N) is 2. The van der Waals surface area contributed by atoms with Gasteiger partial charge in [-0.3, -0.25) is 9.48 Å². The Labute approximate surface area is 152 Å². The summed E-state index contributed by atoms with van der Waals surface area (Å²) in [6.07, 6.45) is 3.42. The Hall–Kier alpha value is -2.87. The molecule has 0 bridgehead atoms. The van der Waals surface area contributed by atoms with Crippen molar-refractivity contribution in [3.63, 3.8) is 0 Å². The molecule has 8 heteroatoms. The van der Waals surface area contributed by atoms with Crippen molar-refractivity contribution in [3.8, 4) is 5.88 Å². The summed E-state index contributed by atoms with van der Waals surface area (Å²) in [4.78, 5) is 22.4. The molecule has 3 aromatic rings. The van der Waals surface area contributed by atoms with E-state index in [2.05, 4.69) is 39.1 Å². The minimum Gasteiger partial charge on any atom is -0.476 e. The molecule has 0 radical (unpaired) electrons. The SMILES string of the molecule is CCN(CC)CCOc1ccc2[nH]cc(C(=O)Nc3ccn(C)n3)c2n1. The van der Waals surface area contributed by atoms with Gasteiger partial charge in [0.2, 0.25) is 5.88 Å². The molecule has 2 N–H and O–H groups in total. The maximum atomic E-state index is 12.5. The summed E-state index contributed by atoms with van der Waals surface area (Å²) in [5.74, 6) is 0.748. The predicted octanol–water partition coefficient (Wildman–Crippen LogP) is 2.27. The number of nitrogens with zero attached hydrogens (tertiary/aromatic N) is 4. The number of carbonyl (C=O) groups is 1. The fourth-order valence-electron chi connectivity index (χ4n) is 2.72. The summed E-state index contributed by atoms with van der Waals surface area (Å²) in [5, 5.41) is 6.93. The van der Waals surface area contributed by atoms with E-state index >= 15 is 0 Å². The third-order valence-electron chi connectivity index (χ3n) is 4.25. The zero-order valence-electron chi connectivity index (χ0n) is 15.3. The number of fused-ring (bicyclic) bond motifs is 1. The van der Waals surface area contributed by atoms with Crippen LogP contribution in [0.5, 0.6) is 5.88 Å². The van der Waals surface area contributed by atoms with E-state index in [1.165, 1.54) is 0 Å². The second kappa shape index (κ2) is 8.01. The molecule has 0 unspecified atom stereocenters. The first kappa shape index (κ1) is 17.9. The number of aryl methyl sites for hydroxylation is 1. The highest BCUT2D eigenvalue weighted by molar-refractivity contribution is 6.11. The number of H-pyrrole nitrogens is 1. The van der Waals surface area contributed by atoms with Crippen LogP contribution in [0.25, 0.3) is 11.0 Å². The Morgan fingerprint density at radius 1 is 1.31 bits per heavy atom.